The molecule has 0 spiro atoms. The fourth-order valence-corrected chi connectivity index (χ4v) is 2.90. The molecule has 12 heavy (non-hydrogen) atoms. The van der Waals surface area contributed by atoms with Crippen molar-refractivity contribution in [3.05, 3.63) is 21.9 Å². The normalized spacial score (nSPS) is 19.8. The Labute approximate surface area is 78.6 Å². The molecule has 0 saturated heterocycles. The quantitative estimate of drug-likeness (QED) is 0.610. The standard InChI is InChI=1S/C11H16S/c1-9-7-11(8-12-9)10-5-3-2-4-6-10/h7-8,10H,2-6H2,1H3. The lowest BCUT2D eigenvalue weighted by molar-refractivity contribution is 0.444. The highest BCUT2D eigenvalue weighted by molar-refractivity contribution is 7.10. The summed E-state index contributed by atoms with van der Waals surface area (Å²) < 4.78 is 0. The van der Waals surface area contributed by atoms with Crippen molar-refractivity contribution in [2.45, 2.75) is 44.9 Å². The molecule has 0 N–H and O–H groups in total. The second-order valence-electron chi connectivity index (χ2n) is 3.83. The molecule has 2 rings (SSSR count). The van der Waals surface area contributed by atoms with Crippen LogP contribution in [0.25, 0.3) is 0 Å². The SMILES string of the molecule is Cc1cc(C2CCCCC2)cs1. The van der Waals surface area contributed by atoms with Crippen molar-refractivity contribution < 1.29 is 0 Å². The third-order valence-corrected chi connectivity index (χ3v) is 3.71. The van der Waals surface area contributed by atoms with Crippen LogP contribution < -0.4 is 0 Å². The number of hydrogen-bond acceptors (Lipinski definition) is 1. The highest BCUT2D eigenvalue weighted by atomic mass is 32.1. The Balaban J connectivity index is 2.08. The molecule has 0 unspecified atom stereocenters. The summed E-state index contributed by atoms with van der Waals surface area (Å²) in [4.78, 5) is 1.47. The van der Waals surface area contributed by atoms with Gasteiger partial charge < -0.3 is 0 Å². The third-order valence-electron chi connectivity index (χ3n) is 2.83. The first-order valence-electron chi connectivity index (χ1n) is 4.91. The summed E-state index contributed by atoms with van der Waals surface area (Å²) in [5, 5.41) is 2.35. The monoisotopic (exact) mass is 180 g/mol. The molecule has 1 saturated carbocycles. The molecule has 0 aliphatic heterocycles. The minimum absolute atomic E-state index is 0.892. The summed E-state index contributed by atoms with van der Waals surface area (Å²) in [7, 11) is 0. The average molecular weight is 180 g/mol. The van der Waals surface area contributed by atoms with Crippen LogP contribution >= 0.6 is 11.3 Å². The van der Waals surface area contributed by atoms with Gasteiger partial charge >= 0.3 is 0 Å². The molecule has 1 aromatic heterocycles. The van der Waals surface area contributed by atoms with Gasteiger partial charge in [-0.2, -0.15) is 0 Å². The molecule has 0 atom stereocenters. The van der Waals surface area contributed by atoms with Crippen LogP contribution in [0.1, 0.15) is 48.5 Å². The maximum atomic E-state index is 2.38. The second-order valence-corrected chi connectivity index (χ2v) is 4.94. The van der Waals surface area contributed by atoms with Gasteiger partial charge in [0.05, 0.1) is 0 Å². The molecule has 0 aromatic carbocycles. The van der Waals surface area contributed by atoms with Crippen molar-refractivity contribution >= 4 is 11.3 Å². The maximum absolute atomic E-state index is 2.38. The van der Waals surface area contributed by atoms with E-state index >= 15 is 0 Å². The molecule has 1 heteroatoms. The first-order chi connectivity index (χ1) is 5.86. The van der Waals surface area contributed by atoms with Gasteiger partial charge in [-0.15, -0.1) is 11.3 Å². The van der Waals surface area contributed by atoms with E-state index < -0.39 is 0 Å². The number of aryl methyl sites for hydroxylation is 1. The van der Waals surface area contributed by atoms with Gasteiger partial charge in [-0.1, -0.05) is 19.3 Å². The molecular formula is C11H16S. The van der Waals surface area contributed by atoms with Crippen molar-refractivity contribution in [1.82, 2.24) is 0 Å². The van der Waals surface area contributed by atoms with Gasteiger partial charge in [0, 0.05) is 4.88 Å². The van der Waals surface area contributed by atoms with Gasteiger partial charge in [-0.05, 0) is 42.7 Å². The third kappa shape index (κ3) is 1.71. The zero-order chi connectivity index (χ0) is 8.39. The fraction of sp³-hybridized carbons (Fsp3) is 0.636. The zero-order valence-corrected chi connectivity index (χ0v) is 8.49. The van der Waals surface area contributed by atoms with Crippen LogP contribution in [0, 0.1) is 6.92 Å². The molecule has 0 bridgehead atoms. The number of thiophene rings is 1. The minimum atomic E-state index is 0.892. The van der Waals surface area contributed by atoms with Gasteiger partial charge in [-0.25, -0.2) is 0 Å². The summed E-state index contributed by atoms with van der Waals surface area (Å²) in [6, 6.07) is 2.38. The Morgan fingerprint density at radius 2 is 2.00 bits per heavy atom. The van der Waals surface area contributed by atoms with Crippen LogP contribution in [-0.2, 0) is 0 Å². The molecular weight excluding hydrogens is 164 g/mol. The molecule has 1 heterocycles. The molecule has 1 aromatic rings. The molecule has 0 amide bonds. The van der Waals surface area contributed by atoms with Gasteiger partial charge in [0.25, 0.3) is 0 Å². The summed E-state index contributed by atoms with van der Waals surface area (Å²) in [6.45, 7) is 2.21. The molecule has 66 valence electrons. The smallest absolute Gasteiger partial charge is 0.00171 e. The summed E-state index contributed by atoms with van der Waals surface area (Å²) in [6.07, 6.45) is 7.20. The fourth-order valence-electron chi connectivity index (χ4n) is 2.11. The lowest BCUT2D eigenvalue weighted by Gasteiger charge is -2.20. The Hall–Kier alpha value is -0.300. The van der Waals surface area contributed by atoms with Gasteiger partial charge in [-0.3, -0.25) is 0 Å². The Kier molecular flexibility index (Phi) is 2.50. The van der Waals surface area contributed by atoms with Crippen LogP contribution in [0.2, 0.25) is 0 Å². The van der Waals surface area contributed by atoms with Crippen LogP contribution in [0.5, 0.6) is 0 Å². The van der Waals surface area contributed by atoms with E-state index in [0.29, 0.717) is 0 Å². The highest BCUT2D eigenvalue weighted by Crippen LogP contribution is 2.34. The first kappa shape index (κ1) is 8.31. The van der Waals surface area contributed by atoms with E-state index in [-0.39, 0.29) is 0 Å². The lowest BCUT2D eigenvalue weighted by atomic mass is 9.85. The summed E-state index contributed by atoms with van der Waals surface area (Å²) in [5.74, 6) is 0.892. The molecule has 1 aliphatic carbocycles. The molecule has 0 radical (unpaired) electrons. The number of hydrogen-bond donors (Lipinski definition) is 0. The number of rotatable bonds is 1. The van der Waals surface area contributed by atoms with Crippen molar-refractivity contribution in [2.75, 3.05) is 0 Å². The van der Waals surface area contributed by atoms with Gasteiger partial charge in [0.1, 0.15) is 0 Å². The summed E-state index contributed by atoms with van der Waals surface area (Å²) in [5.41, 5.74) is 1.61. The van der Waals surface area contributed by atoms with Gasteiger partial charge in [0.15, 0.2) is 0 Å². The van der Waals surface area contributed by atoms with E-state index in [1.807, 2.05) is 11.3 Å². The highest BCUT2D eigenvalue weighted by Gasteiger charge is 2.15. The molecule has 1 fully saturated rings. The predicted octanol–water partition coefficient (Wildman–Crippen LogP) is 4.10. The average Bonchev–Trinajstić information content (AvgIpc) is 2.54. The minimum Gasteiger partial charge on any atom is -0.149 e. The van der Waals surface area contributed by atoms with Crippen molar-refractivity contribution in [1.29, 1.82) is 0 Å². The molecule has 0 nitrogen and oxygen atoms in total. The zero-order valence-electron chi connectivity index (χ0n) is 7.68. The topological polar surface area (TPSA) is 0 Å². The Morgan fingerprint density at radius 3 is 2.58 bits per heavy atom. The van der Waals surface area contributed by atoms with Crippen molar-refractivity contribution in [3.8, 4) is 0 Å². The molecule has 1 aliphatic rings. The summed E-state index contributed by atoms with van der Waals surface area (Å²) >= 11 is 1.90. The van der Waals surface area contributed by atoms with E-state index in [2.05, 4.69) is 18.4 Å². The predicted molar refractivity (Wildman–Crippen MR) is 54.9 cm³/mol. The first-order valence-corrected chi connectivity index (χ1v) is 5.79. The maximum Gasteiger partial charge on any atom is 0.00171 e. The van der Waals surface area contributed by atoms with E-state index in [1.165, 1.54) is 37.0 Å². The second kappa shape index (κ2) is 3.61. The van der Waals surface area contributed by atoms with E-state index in [0.717, 1.165) is 5.92 Å². The Morgan fingerprint density at radius 1 is 1.25 bits per heavy atom. The van der Waals surface area contributed by atoms with Crippen LogP contribution in [0.15, 0.2) is 11.4 Å². The largest absolute Gasteiger partial charge is 0.149 e. The van der Waals surface area contributed by atoms with Crippen molar-refractivity contribution in [3.63, 3.8) is 0 Å². The van der Waals surface area contributed by atoms with Crippen LogP contribution in [-0.4, -0.2) is 0 Å². The van der Waals surface area contributed by atoms with Crippen LogP contribution in [0.3, 0.4) is 0 Å². The van der Waals surface area contributed by atoms with E-state index in [1.54, 1.807) is 5.56 Å². The van der Waals surface area contributed by atoms with Crippen LogP contribution in [0.4, 0.5) is 0 Å². The lowest BCUT2D eigenvalue weighted by Crippen LogP contribution is -2.02. The van der Waals surface area contributed by atoms with E-state index in [4.69, 9.17) is 0 Å². The van der Waals surface area contributed by atoms with Gasteiger partial charge in [0.2, 0.25) is 0 Å². The Bertz CT molecular complexity index is 243. The van der Waals surface area contributed by atoms with E-state index in [9.17, 15) is 0 Å². The van der Waals surface area contributed by atoms with Crippen molar-refractivity contribution in [2.24, 2.45) is 0 Å².